The first-order valence-electron chi connectivity index (χ1n) is 4.66. The van der Waals surface area contributed by atoms with E-state index in [1.165, 1.54) is 5.56 Å². The van der Waals surface area contributed by atoms with Gasteiger partial charge in [0.2, 0.25) is 0 Å². The van der Waals surface area contributed by atoms with Crippen LogP contribution >= 0.6 is 23.1 Å². The zero-order valence-electron chi connectivity index (χ0n) is 8.16. The largest absolute Gasteiger partial charge is 0.316 e. The highest BCUT2D eigenvalue weighted by Gasteiger charge is 1.92. The number of rotatable bonds is 7. The second kappa shape index (κ2) is 7.93. The first-order chi connectivity index (χ1) is 6.93. The van der Waals surface area contributed by atoms with Crippen LogP contribution in [0.2, 0.25) is 0 Å². The summed E-state index contributed by atoms with van der Waals surface area (Å²) < 4.78 is 0. The Morgan fingerprint density at radius 1 is 1.50 bits per heavy atom. The van der Waals surface area contributed by atoms with Gasteiger partial charge in [-0.15, -0.1) is 18.2 Å². The number of thioether (sulfide) groups is 1. The number of nitrogens with one attached hydrogen (secondary N) is 1. The highest BCUT2D eigenvalue weighted by Crippen LogP contribution is 2.05. The molecular weight excluding hydrogens is 210 g/mol. The van der Waals surface area contributed by atoms with Crippen LogP contribution in [0, 0.1) is 12.3 Å². The fourth-order valence-electron chi connectivity index (χ4n) is 1.07. The topological polar surface area (TPSA) is 12.0 Å². The van der Waals surface area contributed by atoms with Gasteiger partial charge in [-0.2, -0.15) is 11.3 Å². The first-order valence-corrected chi connectivity index (χ1v) is 6.76. The predicted molar refractivity (Wildman–Crippen MR) is 67.1 cm³/mol. The Kier molecular flexibility index (Phi) is 6.59. The third-order valence-corrected chi connectivity index (χ3v) is 3.37. The van der Waals surface area contributed by atoms with Gasteiger partial charge in [0.15, 0.2) is 0 Å². The zero-order chi connectivity index (χ0) is 10.1. The van der Waals surface area contributed by atoms with Gasteiger partial charge in [0, 0.05) is 12.3 Å². The summed E-state index contributed by atoms with van der Waals surface area (Å²) in [6.07, 6.45) is 6.27. The molecule has 76 valence electrons. The van der Waals surface area contributed by atoms with Crippen molar-refractivity contribution < 1.29 is 0 Å². The molecule has 0 aromatic carbocycles. The Labute approximate surface area is 94.3 Å². The van der Waals surface area contributed by atoms with Crippen molar-refractivity contribution in [3.8, 4) is 12.3 Å². The van der Waals surface area contributed by atoms with Gasteiger partial charge in [0.25, 0.3) is 0 Å². The SMILES string of the molecule is C#CCSCCNCCc1ccsc1. The molecule has 0 unspecified atom stereocenters. The zero-order valence-corrected chi connectivity index (χ0v) is 9.79. The lowest BCUT2D eigenvalue weighted by atomic mass is 10.2. The van der Waals surface area contributed by atoms with Gasteiger partial charge in [-0.3, -0.25) is 0 Å². The van der Waals surface area contributed by atoms with E-state index in [1.807, 2.05) is 0 Å². The van der Waals surface area contributed by atoms with E-state index < -0.39 is 0 Å². The minimum absolute atomic E-state index is 0.826. The Morgan fingerprint density at radius 3 is 3.14 bits per heavy atom. The van der Waals surface area contributed by atoms with Gasteiger partial charge < -0.3 is 5.32 Å². The summed E-state index contributed by atoms with van der Waals surface area (Å²) in [7, 11) is 0. The quantitative estimate of drug-likeness (QED) is 0.564. The summed E-state index contributed by atoms with van der Waals surface area (Å²) in [5.74, 6) is 4.55. The molecule has 0 amide bonds. The van der Waals surface area contributed by atoms with E-state index in [2.05, 4.69) is 28.1 Å². The van der Waals surface area contributed by atoms with E-state index in [0.717, 1.165) is 31.0 Å². The normalized spacial score (nSPS) is 9.93. The van der Waals surface area contributed by atoms with E-state index in [9.17, 15) is 0 Å². The summed E-state index contributed by atoms with van der Waals surface area (Å²) in [5, 5.41) is 7.72. The van der Waals surface area contributed by atoms with Gasteiger partial charge in [-0.05, 0) is 35.4 Å². The van der Waals surface area contributed by atoms with Gasteiger partial charge in [0.05, 0.1) is 5.75 Å². The molecule has 0 atom stereocenters. The van der Waals surface area contributed by atoms with Crippen LogP contribution in [-0.4, -0.2) is 24.6 Å². The van der Waals surface area contributed by atoms with Crippen LogP contribution in [0.3, 0.4) is 0 Å². The maximum absolute atomic E-state index is 5.14. The van der Waals surface area contributed by atoms with Crippen molar-refractivity contribution in [3.63, 3.8) is 0 Å². The van der Waals surface area contributed by atoms with Crippen molar-refractivity contribution in [2.24, 2.45) is 0 Å². The van der Waals surface area contributed by atoms with Crippen LogP contribution in [0.1, 0.15) is 5.56 Å². The minimum Gasteiger partial charge on any atom is -0.316 e. The number of hydrogen-bond acceptors (Lipinski definition) is 3. The van der Waals surface area contributed by atoms with Crippen LogP contribution in [-0.2, 0) is 6.42 Å². The maximum Gasteiger partial charge on any atom is 0.0545 e. The van der Waals surface area contributed by atoms with Gasteiger partial charge in [0.1, 0.15) is 0 Å². The average molecular weight is 225 g/mol. The summed E-state index contributed by atoms with van der Waals surface area (Å²) in [6, 6.07) is 2.18. The molecule has 0 radical (unpaired) electrons. The molecule has 0 aliphatic rings. The Bertz CT molecular complexity index is 261. The molecule has 0 saturated heterocycles. The molecule has 1 N–H and O–H groups in total. The molecule has 1 aromatic heterocycles. The Morgan fingerprint density at radius 2 is 2.43 bits per heavy atom. The van der Waals surface area contributed by atoms with E-state index in [-0.39, 0.29) is 0 Å². The number of thiophene rings is 1. The molecule has 0 fully saturated rings. The Hall–Kier alpha value is -0.430. The van der Waals surface area contributed by atoms with Crippen molar-refractivity contribution in [1.82, 2.24) is 5.32 Å². The van der Waals surface area contributed by atoms with E-state index in [4.69, 9.17) is 6.42 Å². The predicted octanol–water partition coefficient (Wildman–Crippen LogP) is 2.25. The molecule has 0 spiro atoms. The molecule has 1 rings (SSSR count). The van der Waals surface area contributed by atoms with Crippen LogP contribution in [0.5, 0.6) is 0 Å². The van der Waals surface area contributed by atoms with E-state index in [1.54, 1.807) is 23.1 Å². The third kappa shape index (κ3) is 5.33. The fourth-order valence-corrected chi connectivity index (χ4v) is 2.32. The lowest BCUT2D eigenvalue weighted by Crippen LogP contribution is -2.19. The summed E-state index contributed by atoms with van der Waals surface area (Å²) in [6.45, 7) is 2.11. The molecule has 0 aliphatic heterocycles. The standard InChI is InChI=1S/C11H15NS2/c1-2-7-13-9-6-12-5-3-11-4-8-14-10-11/h1,4,8,10,12H,3,5-7,9H2. The number of terminal acetylenes is 1. The summed E-state index contributed by atoms with van der Waals surface area (Å²) in [5.41, 5.74) is 1.43. The monoisotopic (exact) mass is 225 g/mol. The van der Waals surface area contributed by atoms with Crippen molar-refractivity contribution in [1.29, 1.82) is 0 Å². The molecule has 0 aliphatic carbocycles. The maximum atomic E-state index is 5.14. The molecule has 1 nitrogen and oxygen atoms in total. The lowest BCUT2D eigenvalue weighted by molar-refractivity contribution is 0.722. The first kappa shape index (κ1) is 11.6. The molecular formula is C11H15NS2. The minimum atomic E-state index is 0.826. The highest BCUT2D eigenvalue weighted by molar-refractivity contribution is 7.99. The van der Waals surface area contributed by atoms with Gasteiger partial charge >= 0.3 is 0 Å². The van der Waals surface area contributed by atoms with Crippen molar-refractivity contribution in [3.05, 3.63) is 22.4 Å². The Balaban J connectivity index is 1.88. The van der Waals surface area contributed by atoms with E-state index >= 15 is 0 Å². The van der Waals surface area contributed by atoms with Crippen LogP contribution in [0.25, 0.3) is 0 Å². The third-order valence-electron chi connectivity index (χ3n) is 1.78. The van der Waals surface area contributed by atoms with Crippen LogP contribution < -0.4 is 5.32 Å². The highest BCUT2D eigenvalue weighted by atomic mass is 32.2. The van der Waals surface area contributed by atoms with Crippen molar-refractivity contribution in [2.75, 3.05) is 24.6 Å². The summed E-state index contributed by atoms with van der Waals surface area (Å²) >= 11 is 3.57. The van der Waals surface area contributed by atoms with Crippen LogP contribution in [0.4, 0.5) is 0 Å². The molecule has 3 heteroatoms. The van der Waals surface area contributed by atoms with Crippen LogP contribution in [0.15, 0.2) is 16.8 Å². The molecule has 0 saturated carbocycles. The van der Waals surface area contributed by atoms with Gasteiger partial charge in [-0.25, -0.2) is 0 Å². The second-order valence-electron chi connectivity index (χ2n) is 2.89. The average Bonchev–Trinajstić information content (AvgIpc) is 2.69. The smallest absolute Gasteiger partial charge is 0.0545 e. The molecule has 14 heavy (non-hydrogen) atoms. The summed E-state index contributed by atoms with van der Waals surface area (Å²) in [4.78, 5) is 0. The lowest BCUT2D eigenvalue weighted by Gasteiger charge is -2.02. The van der Waals surface area contributed by atoms with Crippen molar-refractivity contribution >= 4 is 23.1 Å². The fraction of sp³-hybridized carbons (Fsp3) is 0.455. The molecule has 1 aromatic rings. The molecule has 0 bridgehead atoms. The second-order valence-corrected chi connectivity index (χ2v) is 4.77. The molecule has 1 heterocycles. The van der Waals surface area contributed by atoms with E-state index in [0.29, 0.717) is 0 Å². The number of hydrogen-bond donors (Lipinski definition) is 1. The van der Waals surface area contributed by atoms with Crippen molar-refractivity contribution in [2.45, 2.75) is 6.42 Å². The van der Waals surface area contributed by atoms with Gasteiger partial charge in [-0.1, -0.05) is 5.92 Å².